The van der Waals surface area contributed by atoms with Crippen LogP contribution in [0.4, 0.5) is 23.1 Å². The zero-order valence-electron chi connectivity index (χ0n) is 15.2. The van der Waals surface area contributed by atoms with Gasteiger partial charge in [0.2, 0.25) is 5.95 Å². The van der Waals surface area contributed by atoms with Crippen molar-refractivity contribution in [3.05, 3.63) is 53.7 Å². The van der Waals surface area contributed by atoms with Crippen LogP contribution in [0.2, 0.25) is 5.02 Å². The highest BCUT2D eigenvalue weighted by Crippen LogP contribution is 2.29. The molecule has 2 aromatic carbocycles. The van der Waals surface area contributed by atoms with E-state index in [4.69, 9.17) is 21.1 Å². The van der Waals surface area contributed by atoms with E-state index in [0.717, 1.165) is 17.1 Å². The van der Waals surface area contributed by atoms with E-state index in [0.29, 0.717) is 22.5 Å². The highest BCUT2D eigenvalue weighted by atomic mass is 35.5. The lowest BCUT2D eigenvalue weighted by Gasteiger charge is -2.14. The van der Waals surface area contributed by atoms with E-state index in [-0.39, 0.29) is 6.10 Å². The summed E-state index contributed by atoms with van der Waals surface area (Å²) in [7, 11) is 1.57. The molecule has 27 heavy (non-hydrogen) atoms. The second-order valence-corrected chi connectivity index (χ2v) is 6.33. The van der Waals surface area contributed by atoms with E-state index in [1.54, 1.807) is 19.2 Å². The highest BCUT2D eigenvalue weighted by molar-refractivity contribution is 6.32. The standard InChI is InChI=1S/C19H20ClN5O2/c1-12(2)27-17-7-5-4-6-15(17)23-19-24-18(11-21-25-19)22-13-8-9-16(26-3)14(20)10-13/h4-12H,1-3H3,(H2,22,23,24,25). The molecular weight excluding hydrogens is 366 g/mol. The van der Waals surface area contributed by atoms with Crippen molar-refractivity contribution >= 4 is 34.7 Å². The summed E-state index contributed by atoms with van der Waals surface area (Å²) < 4.78 is 11.0. The van der Waals surface area contributed by atoms with Crippen molar-refractivity contribution < 1.29 is 9.47 Å². The van der Waals surface area contributed by atoms with Crippen LogP contribution >= 0.6 is 11.6 Å². The highest BCUT2D eigenvalue weighted by Gasteiger charge is 2.09. The van der Waals surface area contributed by atoms with Crippen molar-refractivity contribution in [3.63, 3.8) is 0 Å². The smallest absolute Gasteiger partial charge is 0.249 e. The molecule has 0 spiro atoms. The Morgan fingerprint density at radius 1 is 1.04 bits per heavy atom. The maximum Gasteiger partial charge on any atom is 0.249 e. The van der Waals surface area contributed by atoms with Crippen LogP contribution in [0.3, 0.4) is 0 Å². The number of benzene rings is 2. The fourth-order valence-electron chi connectivity index (χ4n) is 2.36. The van der Waals surface area contributed by atoms with Crippen LogP contribution in [-0.4, -0.2) is 28.4 Å². The lowest BCUT2D eigenvalue weighted by Crippen LogP contribution is -2.08. The monoisotopic (exact) mass is 385 g/mol. The molecule has 8 heteroatoms. The van der Waals surface area contributed by atoms with Gasteiger partial charge in [-0.1, -0.05) is 23.7 Å². The van der Waals surface area contributed by atoms with Gasteiger partial charge in [0.05, 0.1) is 30.1 Å². The Kier molecular flexibility index (Phi) is 5.93. The fraction of sp³-hybridized carbons (Fsp3) is 0.211. The van der Waals surface area contributed by atoms with Gasteiger partial charge in [0.15, 0.2) is 5.82 Å². The second kappa shape index (κ2) is 8.55. The SMILES string of the molecule is COc1ccc(Nc2cnnc(Nc3ccccc3OC(C)C)n2)cc1Cl. The van der Waals surface area contributed by atoms with E-state index in [1.807, 2.05) is 44.2 Å². The summed E-state index contributed by atoms with van der Waals surface area (Å²) in [6.45, 7) is 3.94. The van der Waals surface area contributed by atoms with Gasteiger partial charge in [-0.25, -0.2) is 0 Å². The second-order valence-electron chi connectivity index (χ2n) is 5.93. The van der Waals surface area contributed by atoms with Crippen LogP contribution in [0.5, 0.6) is 11.5 Å². The Balaban J connectivity index is 1.77. The maximum atomic E-state index is 6.15. The Morgan fingerprint density at radius 3 is 2.59 bits per heavy atom. The average Bonchev–Trinajstić information content (AvgIpc) is 2.63. The largest absolute Gasteiger partial charge is 0.495 e. The number of nitrogens with one attached hydrogen (secondary N) is 2. The van der Waals surface area contributed by atoms with Crippen LogP contribution in [0.15, 0.2) is 48.7 Å². The number of anilines is 4. The molecule has 3 aromatic rings. The molecule has 0 aliphatic rings. The van der Waals surface area contributed by atoms with Gasteiger partial charge in [0.1, 0.15) is 11.5 Å². The molecule has 0 saturated carbocycles. The van der Waals surface area contributed by atoms with Gasteiger partial charge in [-0.05, 0) is 44.2 Å². The van der Waals surface area contributed by atoms with Crippen molar-refractivity contribution in [1.82, 2.24) is 15.2 Å². The van der Waals surface area contributed by atoms with Crippen molar-refractivity contribution in [2.45, 2.75) is 20.0 Å². The normalized spacial score (nSPS) is 10.6. The van der Waals surface area contributed by atoms with Gasteiger partial charge in [-0.3, -0.25) is 0 Å². The zero-order chi connectivity index (χ0) is 19.2. The Labute approximate surface area is 162 Å². The molecule has 0 atom stereocenters. The first kappa shape index (κ1) is 18.7. The quantitative estimate of drug-likeness (QED) is 0.604. The zero-order valence-corrected chi connectivity index (χ0v) is 16.0. The molecule has 2 N–H and O–H groups in total. The molecule has 1 aromatic heterocycles. The minimum absolute atomic E-state index is 0.0554. The predicted molar refractivity (Wildman–Crippen MR) is 107 cm³/mol. The Morgan fingerprint density at radius 2 is 1.85 bits per heavy atom. The lowest BCUT2D eigenvalue weighted by atomic mass is 10.3. The van der Waals surface area contributed by atoms with Crippen molar-refractivity contribution in [2.75, 3.05) is 17.7 Å². The average molecular weight is 386 g/mol. The number of methoxy groups -OCH3 is 1. The number of hydrogen-bond acceptors (Lipinski definition) is 7. The minimum Gasteiger partial charge on any atom is -0.495 e. The first-order valence-electron chi connectivity index (χ1n) is 8.38. The molecule has 0 fully saturated rings. The molecule has 1 heterocycles. The third-order valence-electron chi connectivity index (χ3n) is 3.48. The van der Waals surface area contributed by atoms with Gasteiger partial charge in [0, 0.05) is 5.69 Å². The third-order valence-corrected chi connectivity index (χ3v) is 3.77. The number of nitrogens with zero attached hydrogens (tertiary/aromatic N) is 3. The molecule has 0 aliphatic carbocycles. The predicted octanol–water partition coefficient (Wildman–Crippen LogP) is 4.81. The van der Waals surface area contributed by atoms with E-state index in [1.165, 1.54) is 6.20 Å². The van der Waals surface area contributed by atoms with Crippen LogP contribution in [0, 0.1) is 0 Å². The number of aromatic nitrogens is 3. The van der Waals surface area contributed by atoms with Crippen LogP contribution in [0.1, 0.15) is 13.8 Å². The molecule has 7 nitrogen and oxygen atoms in total. The number of halogens is 1. The van der Waals surface area contributed by atoms with Gasteiger partial charge >= 0.3 is 0 Å². The van der Waals surface area contributed by atoms with Gasteiger partial charge in [-0.15, -0.1) is 5.10 Å². The van der Waals surface area contributed by atoms with Crippen LogP contribution in [-0.2, 0) is 0 Å². The molecule has 0 radical (unpaired) electrons. The summed E-state index contributed by atoms with van der Waals surface area (Å²) in [5.41, 5.74) is 1.52. The third kappa shape index (κ3) is 4.98. The van der Waals surface area contributed by atoms with E-state index < -0.39 is 0 Å². The summed E-state index contributed by atoms with van der Waals surface area (Å²) in [5, 5.41) is 14.8. The van der Waals surface area contributed by atoms with E-state index in [2.05, 4.69) is 25.8 Å². The summed E-state index contributed by atoms with van der Waals surface area (Å²) >= 11 is 6.15. The lowest BCUT2D eigenvalue weighted by molar-refractivity contribution is 0.244. The summed E-state index contributed by atoms with van der Waals surface area (Å²) in [5.74, 6) is 2.19. The molecule has 0 amide bonds. The van der Waals surface area contributed by atoms with Gasteiger partial charge in [0.25, 0.3) is 0 Å². The topological polar surface area (TPSA) is 81.2 Å². The number of hydrogen-bond donors (Lipinski definition) is 2. The summed E-state index contributed by atoms with van der Waals surface area (Å²) in [6.07, 6.45) is 1.58. The Bertz CT molecular complexity index is 920. The molecular formula is C19H20ClN5O2. The fourth-order valence-corrected chi connectivity index (χ4v) is 2.61. The van der Waals surface area contributed by atoms with Crippen molar-refractivity contribution in [3.8, 4) is 11.5 Å². The van der Waals surface area contributed by atoms with E-state index in [9.17, 15) is 0 Å². The van der Waals surface area contributed by atoms with Crippen molar-refractivity contribution in [1.29, 1.82) is 0 Å². The first-order chi connectivity index (χ1) is 13.0. The van der Waals surface area contributed by atoms with Crippen molar-refractivity contribution in [2.24, 2.45) is 0 Å². The van der Waals surface area contributed by atoms with Crippen LogP contribution in [0.25, 0.3) is 0 Å². The van der Waals surface area contributed by atoms with Gasteiger partial charge in [-0.2, -0.15) is 10.1 Å². The summed E-state index contributed by atoms with van der Waals surface area (Å²) in [4.78, 5) is 4.43. The molecule has 0 unspecified atom stereocenters. The number of ether oxygens (including phenoxy) is 2. The van der Waals surface area contributed by atoms with E-state index >= 15 is 0 Å². The summed E-state index contributed by atoms with van der Waals surface area (Å²) in [6, 6.07) is 13.0. The first-order valence-corrected chi connectivity index (χ1v) is 8.76. The molecule has 0 saturated heterocycles. The molecule has 140 valence electrons. The van der Waals surface area contributed by atoms with Crippen LogP contribution < -0.4 is 20.1 Å². The number of para-hydroxylation sites is 2. The minimum atomic E-state index is 0.0554. The maximum absolute atomic E-state index is 6.15. The Hall–Kier alpha value is -3.06. The molecule has 3 rings (SSSR count). The number of rotatable bonds is 7. The molecule has 0 bridgehead atoms. The molecule has 0 aliphatic heterocycles. The van der Waals surface area contributed by atoms with Gasteiger partial charge < -0.3 is 20.1 Å².